The van der Waals surface area contributed by atoms with E-state index in [1.54, 1.807) is 0 Å². The zero-order valence-electron chi connectivity index (χ0n) is 45.6. The SMILES string of the molecule is c1ccc2cc3c(cc2c1)oc1cc(N(c2ccc4c(c2)oc2cc5cc6c(cc5cc24)oc2cc(N(c4ccc5c(c4)oc4cc7ccccc7cc45)c4cccc5c4oc4ccccc45)ccc26)c2cccc4c2oc2ccccc24)ccc13. The molecule has 0 fully saturated rings. The average Bonchev–Trinajstić information content (AvgIpc) is 3.43. The summed E-state index contributed by atoms with van der Waals surface area (Å²) >= 11 is 0. The van der Waals surface area contributed by atoms with E-state index in [2.05, 4.69) is 240 Å². The lowest BCUT2D eigenvalue weighted by molar-refractivity contribution is 0.667. The fourth-order valence-corrected chi connectivity index (χ4v) is 13.9. The first-order chi connectivity index (χ1) is 42.5. The normalized spacial score (nSPS) is 12.4. The first-order valence-corrected chi connectivity index (χ1v) is 28.9. The standard InChI is InChI=1S/C78H42N2O6/c1-3-13-45-35-69-61(31-43(45)11-1)55-27-23-49(39-73(55)81-69)79(65-19-9-17-59-53-15-5-7-21-67(53)85-77(59)65)51-25-29-57-63-33-47-38-72-64(34-48(47)37-71(63)83-75(57)41-51)58-30-26-52(42-76(58)84-72)80(66-20-10-18-60-54-16-6-8-22-68(54)86-78(60)66)50-24-28-56-62-32-44-12-2-4-14-46(44)36-70(62)82-74(56)40-50/h1-42H. The summed E-state index contributed by atoms with van der Waals surface area (Å²) in [4.78, 5) is 4.50. The van der Waals surface area contributed by atoms with Crippen LogP contribution in [0.5, 0.6) is 0 Å². The van der Waals surface area contributed by atoms with Crippen LogP contribution in [0, 0.1) is 0 Å². The van der Waals surface area contributed by atoms with Crippen LogP contribution < -0.4 is 9.80 Å². The van der Waals surface area contributed by atoms with E-state index >= 15 is 0 Å². The lowest BCUT2D eigenvalue weighted by Crippen LogP contribution is -2.10. The molecule has 0 aliphatic rings. The molecule has 6 aromatic heterocycles. The molecule has 0 saturated heterocycles. The van der Waals surface area contributed by atoms with Crippen molar-refractivity contribution in [3.8, 4) is 0 Å². The van der Waals surface area contributed by atoms with Crippen LogP contribution in [0.15, 0.2) is 281 Å². The molecule has 14 aromatic carbocycles. The summed E-state index contributed by atoms with van der Waals surface area (Å²) in [6.07, 6.45) is 0. The Kier molecular flexibility index (Phi) is 9.03. The van der Waals surface area contributed by atoms with Crippen LogP contribution in [0.1, 0.15) is 0 Å². The number of para-hydroxylation sites is 4. The fraction of sp³-hybridized carbons (Fsp3) is 0. The van der Waals surface area contributed by atoms with Crippen LogP contribution >= 0.6 is 0 Å². The average molecular weight is 1100 g/mol. The van der Waals surface area contributed by atoms with Gasteiger partial charge >= 0.3 is 0 Å². The predicted molar refractivity (Wildman–Crippen MR) is 352 cm³/mol. The molecule has 20 rings (SSSR count). The van der Waals surface area contributed by atoms with Gasteiger partial charge in [0.2, 0.25) is 0 Å². The van der Waals surface area contributed by atoms with Gasteiger partial charge in [0.25, 0.3) is 0 Å². The highest BCUT2D eigenvalue weighted by Gasteiger charge is 2.25. The lowest BCUT2D eigenvalue weighted by Gasteiger charge is -2.25. The molecule has 0 aliphatic carbocycles. The van der Waals surface area contributed by atoms with E-state index in [0.29, 0.717) is 0 Å². The number of hydrogen-bond donors (Lipinski definition) is 0. The van der Waals surface area contributed by atoms with Crippen molar-refractivity contribution in [1.82, 2.24) is 0 Å². The largest absolute Gasteiger partial charge is 0.456 e. The Morgan fingerprint density at radius 1 is 0.174 bits per heavy atom. The smallest absolute Gasteiger partial charge is 0.159 e. The first-order valence-electron chi connectivity index (χ1n) is 28.9. The second kappa shape index (κ2) is 16.9. The van der Waals surface area contributed by atoms with Crippen molar-refractivity contribution in [3.05, 3.63) is 255 Å². The molecule has 0 saturated carbocycles. The van der Waals surface area contributed by atoms with E-state index in [0.717, 1.165) is 187 Å². The Morgan fingerprint density at radius 2 is 0.453 bits per heavy atom. The molecule has 0 bridgehead atoms. The molecule has 0 radical (unpaired) electrons. The minimum atomic E-state index is 0.767. The molecular weight excluding hydrogens is 1060 g/mol. The zero-order chi connectivity index (χ0) is 55.9. The number of hydrogen-bond acceptors (Lipinski definition) is 8. The van der Waals surface area contributed by atoms with E-state index < -0.39 is 0 Å². The first kappa shape index (κ1) is 45.8. The van der Waals surface area contributed by atoms with E-state index in [1.165, 1.54) is 10.8 Å². The molecule has 0 unspecified atom stereocenters. The van der Waals surface area contributed by atoms with Crippen LogP contribution in [-0.4, -0.2) is 0 Å². The number of rotatable bonds is 6. The molecule has 86 heavy (non-hydrogen) atoms. The zero-order valence-corrected chi connectivity index (χ0v) is 45.6. The van der Waals surface area contributed by atoms with Crippen molar-refractivity contribution < 1.29 is 26.5 Å². The maximum absolute atomic E-state index is 6.91. The highest BCUT2D eigenvalue weighted by Crippen LogP contribution is 2.49. The fourth-order valence-electron chi connectivity index (χ4n) is 13.9. The number of furan rings is 6. The second-order valence-electron chi connectivity index (χ2n) is 22.7. The summed E-state index contributed by atoms with van der Waals surface area (Å²) in [6.45, 7) is 0. The molecular formula is C78H42N2O6. The molecule has 0 N–H and O–H groups in total. The van der Waals surface area contributed by atoms with Crippen LogP contribution in [0.2, 0.25) is 0 Å². The van der Waals surface area contributed by atoms with Crippen molar-refractivity contribution in [2.24, 2.45) is 0 Å². The van der Waals surface area contributed by atoms with Crippen LogP contribution in [0.3, 0.4) is 0 Å². The van der Waals surface area contributed by atoms with Gasteiger partial charge in [0.15, 0.2) is 11.2 Å². The number of nitrogens with zero attached hydrogens (tertiary/aromatic N) is 2. The van der Waals surface area contributed by atoms with E-state index in [4.69, 9.17) is 26.5 Å². The van der Waals surface area contributed by atoms with Crippen molar-refractivity contribution in [2.75, 3.05) is 9.80 Å². The Labute approximate surface area is 486 Å². The summed E-state index contributed by atoms with van der Waals surface area (Å²) in [7, 11) is 0. The van der Waals surface area contributed by atoms with Crippen LogP contribution in [0.25, 0.3) is 164 Å². The molecule has 8 nitrogen and oxygen atoms in total. The van der Waals surface area contributed by atoms with E-state index in [9.17, 15) is 0 Å². The van der Waals surface area contributed by atoms with Gasteiger partial charge in [0.05, 0.1) is 34.1 Å². The van der Waals surface area contributed by atoms with Crippen molar-refractivity contribution in [1.29, 1.82) is 0 Å². The summed E-state index contributed by atoms with van der Waals surface area (Å²) in [5.74, 6) is 0. The molecule has 0 spiro atoms. The third-order valence-electron chi connectivity index (χ3n) is 17.9. The van der Waals surface area contributed by atoms with Gasteiger partial charge in [-0.3, -0.25) is 0 Å². The quantitative estimate of drug-likeness (QED) is 0.163. The van der Waals surface area contributed by atoms with Crippen LogP contribution in [-0.2, 0) is 0 Å². The third kappa shape index (κ3) is 6.57. The molecule has 0 aliphatic heterocycles. The van der Waals surface area contributed by atoms with Gasteiger partial charge < -0.3 is 36.3 Å². The van der Waals surface area contributed by atoms with E-state index in [1.807, 2.05) is 24.3 Å². The van der Waals surface area contributed by atoms with Gasteiger partial charge in [-0.05, 0) is 154 Å². The molecule has 400 valence electrons. The third-order valence-corrected chi connectivity index (χ3v) is 17.9. The molecule has 0 amide bonds. The van der Waals surface area contributed by atoms with Gasteiger partial charge in [0.1, 0.15) is 55.8 Å². The minimum Gasteiger partial charge on any atom is -0.456 e. The summed E-state index contributed by atoms with van der Waals surface area (Å²) < 4.78 is 40.6. The molecule has 20 aromatic rings. The monoisotopic (exact) mass is 1100 g/mol. The summed E-state index contributed by atoms with van der Waals surface area (Å²) in [5.41, 5.74) is 15.2. The van der Waals surface area contributed by atoms with Gasteiger partial charge in [-0.2, -0.15) is 0 Å². The number of fused-ring (bicyclic) bond motifs is 21. The highest BCUT2D eigenvalue weighted by atomic mass is 16.3. The maximum atomic E-state index is 6.91. The molecule has 6 heterocycles. The van der Waals surface area contributed by atoms with Crippen molar-refractivity contribution in [2.45, 2.75) is 0 Å². The van der Waals surface area contributed by atoms with Gasteiger partial charge in [0, 0.05) is 88.9 Å². The Morgan fingerprint density at radius 3 is 0.826 bits per heavy atom. The lowest BCUT2D eigenvalue weighted by atomic mass is 10.0. The van der Waals surface area contributed by atoms with Crippen molar-refractivity contribution >= 4 is 198 Å². The highest BCUT2D eigenvalue weighted by molar-refractivity contribution is 6.19. The van der Waals surface area contributed by atoms with Gasteiger partial charge in [-0.25, -0.2) is 0 Å². The van der Waals surface area contributed by atoms with Gasteiger partial charge in [-0.15, -0.1) is 0 Å². The van der Waals surface area contributed by atoms with Gasteiger partial charge in [-0.1, -0.05) is 109 Å². The maximum Gasteiger partial charge on any atom is 0.159 e. The topological polar surface area (TPSA) is 85.3 Å². The number of benzene rings is 14. The molecule has 8 heteroatoms. The summed E-state index contributed by atoms with van der Waals surface area (Å²) in [5, 5.41) is 19.3. The molecule has 0 atom stereocenters. The Hall–Kier alpha value is -11.7. The van der Waals surface area contributed by atoms with Crippen molar-refractivity contribution in [3.63, 3.8) is 0 Å². The van der Waals surface area contributed by atoms with E-state index in [-0.39, 0.29) is 0 Å². The Balaban J connectivity index is 0.714. The van der Waals surface area contributed by atoms with Crippen LogP contribution in [0.4, 0.5) is 34.1 Å². The number of anilines is 6. The predicted octanol–water partition coefficient (Wildman–Crippen LogP) is 23.5. The summed E-state index contributed by atoms with van der Waals surface area (Å²) in [6, 6.07) is 89.4. The second-order valence-corrected chi connectivity index (χ2v) is 22.7. The minimum absolute atomic E-state index is 0.767. The Bertz CT molecular complexity index is 5940.